The molecule has 0 amide bonds. The Labute approximate surface area is 129 Å². The van der Waals surface area contributed by atoms with Crippen LogP contribution in [0.2, 0.25) is 0 Å². The number of piperidine rings is 1. The van der Waals surface area contributed by atoms with E-state index in [9.17, 15) is 9.18 Å². The normalized spacial score (nSPS) is 16.8. The van der Waals surface area contributed by atoms with Crippen molar-refractivity contribution in [3.8, 4) is 0 Å². The van der Waals surface area contributed by atoms with Crippen LogP contribution in [0.4, 0.5) is 4.39 Å². The lowest BCUT2D eigenvalue weighted by atomic mass is 9.90. The summed E-state index contributed by atoms with van der Waals surface area (Å²) in [6, 6.07) is 9.06. The maximum absolute atomic E-state index is 13.3. The Morgan fingerprint density at radius 3 is 2.68 bits per heavy atom. The van der Waals surface area contributed by atoms with Crippen molar-refractivity contribution in [2.24, 2.45) is 0 Å². The van der Waals surface area contributed by atoms with E-state index in [1.165, 1.54) is 0 Å². The second-order valence-electron chi connectivity index (χ2n) is 6.12. The average molecular weight is 300 g/mol. The van der Waals surface area contributed by atoms with Crippen LogP contribution >= 0.6 is 0 Å². The molecule has 0 radical (unpaired) electrons. The number of aromatic amines is 1. The summed E-state index contributed by atoms with van der Waals surface area (Å²) in [5.74, 6) is 0.324. The van der Waals surface area contributed by atoms with Gasteiger partial charge in [-0.3, -0.25) is 9.69 Å². The average Bonchev–Trinajstić information content (AvgIpc) is 2.52. The first-order valence-corrected chi connectivity index (χ1v) is 7.78. The molecule has 0 atom stereocenters. The zero-order valence-electron chi connectivity index (χ0n) is 12.8. The number of nitrogens with one attached hydrogen (secondary N) is 1. The molecule has 0 saturated carbocycles. The molecule has 3 rings (SSSR count). The molecular weight excluding hydrogens is 279 g/mol. The highest BCUT2D eigenvalue weighted by Crippen LogP contribution is 2.27. The number of halogens is 1. The van der Waals surface area contributed by atoms with Crippen LogP contribution < -0.4 is 5.56 Å². The van der Waals surface area contributed by atoms with E-state index in [0.717, 1.165) is 43.6 Å². The number of likely N-dealkylation sites (tertiary alicyclic amines) is 1. The van der Waals surface area contributed by atoms with Crippen LogP contribution in [0.15, 0.2) is 41.3 Å². The van der Waals surface area contributed by atoms with Crippen LogP contribution in [0.1, 0.15) is 35.4 Å². The van der Waals surface area contributed by atoms with Gasteiger partial charge in [0.05, 0.1) is 0 Å². The van der Waals surface area contributed by atoms with Gasteiger partial charge in [0, 0.05) is 18.8 Å². The molecule has 1 fully saturated rings. The Bertz CT molecular complexity index is 702. The van der Waals surface area contributed by atoms with Gasteiger partial charge in [-0.2, -0.15) is 0 Å². The minimum atomic E-state index is -0.142. The zero-order valence-corrected chi connectivity index (χ0v) is 12.8. The maximum atomic E-state index is 13.3. The van der Waals surface area contributed by atoms with E-state index >= 15 is 0 Å². The number of H-pyrrole nitrogens is 1. The number of hydrogen-bond donors (Lipinski definition) is 1. The van der Waals surface area contributed by atoms with Gasteiger partial charge in [0.1, 0.15) is 5.82 Å². The first-order chi connectivity index (χ1) is 10.6. The van der Waals surface area contributed by atoms with Crippen molar-refractivity contribution in [2.75, 3.05) is 13.1 Å². The Kier molecular flexibility index (Phi) is 4.39. The van der Waals surface area contributed by atoms with Crippen molar-refractivity contribution in [3.63, 3.8) is 0 Å². The smallest absolute Gasteiger partial charge is 0.248 e. The summed E-state index contributed by atoms with van der Waals surface area (Å²) in [6.45, 7) is 4.68. The van der Waals surface area contributed by atoms with E-state index < -0.39 is 0 Å². The Balaban J connectivity index is 1.59. The fourth-order valence-corrected chi connectivity index (χ4v) is 3.20. The van der Waals surface area contributed by atoms with Crippen LogP contribution in [0.25, 0.3) is 0 Å². The fraction of sp³-hybridized carbons (Fsp3) is 0.389. The highest BCUT2D eigenvalue weighted by atomic mass is 19.1. The molecule has 3 nitrogen and oxygen atoms in total. The number of hydrogen-bond acceptors (Lipinski definition) is 2. The van der Waals surface area contributed by atoms with Crippen LogP contribution in [0.5, 0.6) is 0 Å². The number of benzene rings is 1. The summed E-state index contributed by atoms with van der Waals surface area (Å²) >= 11 is 0. The van der Waals surface area contributed by atoms with E-state index in [1.54, 1.807) is 25.3 Å². The molecule has 4 heteroatoms. The first-order valence-electron chi connectivity index (χ1n) is 7.78. The lowest BCUT2D eigenvalue weighted by Crippen LogP contribution is -2.32. The molecule has 1 aromatic carbocycles. The third-order valence-corrected chi connectivity index (χ3v) is 4.49. The molecule has 1 aliphatic rings. The van der Waals surface area contributed by atoms with Crippen molar-refractivity contribution in [2.45, 2.75) is 32.2 Å². The summed E-state index contributed by atoms with van der Waals surface area (Å²) in [5, 5.41) is 0. The molecule has 1 saturated heterocycles. The number of nitrogens with zero attached hydrogens (tertiary/aromatic N) is 1. The molecule has 0 bridgehead atoms. The molecule has 1 aliphatic heterocycles. The Hall–Kier alpha value is -1.94. The molecule has 22 heavy (non-hydrogen) atoms. The standard InChI is InChI=1S/C18H21FN2O/c1-13-10-14(2-3-17(13)19)12-21-8-5-15(6-9-21)16-4-7-20-18(22)11-16/h2-4,7,10-11,15H,5-6,8-9,12H2,1H3,(H,20,22). The van der Waals surface area contributed by atoms with Crippen LogP contribution in [-0.4, -0.2) is 23.0 Å². The second kappa shape index (κ2) is 6.44. The van der Waals surface area contributed by atoms with E-state index in [2.05, 4.69) is 9.88 Å². The SMILES string of the molecule is Cc1cc(CN2CCC(c3cc[nH]c(=O)c3)CC2)ccc1F. The summed E-state index contributed by atoms with van der Waals surface area (Å²) in [7, 11) is 0. The van der Waals surface area contributed by atoms with Crippen molar-refractivity contribution >= 4 is 0 Å². The predicted octanol–water partition coefficient (Wildman–Crippen LogP) is 3.20. The largest absolute Gasteiger partial charge is 0.329 e. The minimum Gasteiger partial charge on any atom is -0.329 e. The van der Waals surface area contributed by atoms with Gasteiger partial charge in [-0.15, -0.1) is 0 Å². The quantitative estimate of drug-likeness (QED) is 0.945. The Morgan fingerprint density at radius 2 is 2.00 bits per heavy atom. The van der Waals surface area contributed by atoms with Crippen molar-refractivity contribution < 1.29 is 4.39 Å². The van der Waals surface area contributed by atoms with Gasteiger partial charge < -0.3 is 4.98 Å². The summed E-state index contributed by atoms with van der Waals surface area (Å²) in [5.41, 5.74) is 2.98. The number of pyridine rings is 1. The van der Waals surface area contributed by atoms with Gasteiger partial charge in [0.2, 0.25) is 5.56 Å². The van der Waals surface area contributed by atoms with E-state index in [4.69, 9.17) is 0 Å². The van der Waals surface area contributed by atoms with Crippen molar-refractivity contribution in [3.05, 3.63) is 69.4 Å². The summed E-state index contributed by atoms with van der Waals surface area (Å²) < 4.78 is 13.3. The monoisotopic (exact) mass is 300 g/mol. The predicted molar refractivity (Wildman–Crippen MR) is 85.5 cm³/mol. The second-order valence-corrected chi connectivity index (χ2v) is 6.12. The van der Waals surface area contributed by atoms with Gasteiger partial charge in [0.15, 0.2) is 0 Å². The zero-order chi connectivity index (χ0) is 15.5. The highest BCUT2D eigenvalue weighted by Gasteiger charge is 2.20. The van der Waals surface area contributed by atoms with E-state index in [1.807, 2.05) is 18.2 Å². The molecule has 1 aromatic heterocycles. The summed E-state index contributed by atoms with van der Waals surface area (Å²) in [4.78, 5) is 16.5. The maximum Gasteiger partial charge on any atom is 0.248 e. The highest BCUT2D eigenvalue weighted by molar-refractivity contribution is 5.24. The van der Waals surface area contributed by atoms with Crippen molar-refractivity contribution in [1.82, 2.24) is 9.88 Å². The number of aromatic nitrogens is 1. The molecule has 2 aromatic rings. The first kappa shape index (κ1) is 15.0. The molecule has 0 aliphatic carbocycles. The lowest BCUT2D eigenvalue weighted by Gasteiger charge is -2.32. The third-order valence-electron chi connectivity index (χ3n) is 4.49. The minimum absolute atomic E-state index is 0.0262. The third kappa shape index (κ3) is 3.45. The van der Waals surface area contributed by atoms with Crippen LogP contribution in [0, 0.1) is 12.7 Å². The van der Waals surface area contributed by atoms with Crippen molar-refractivity contribution in [1.29, 1.82) is 0 Å². The van der Waals surface area contributed by atoms with Gasteiger partial charge in [0.25, 0.3) is 0 Å². The summed E-state index contributed by atoms with van der Waals surface area (Å²) in [6.07, 6.45) is 3.85. The van der Waals surface area contributed by atoms with E-state index in [-0.39, 0.29) is 11.4 Å². The number of aryl methyl sites for hydroxylation is 1. The van der Waals surface area contributed by atoms with Gasteiger partial charge in [-0.1, -0.05) is 12.1 Å². The molecule has 1 N–H and O–H groups in total. The molecule has 0 unspecified atom stereocenters. The number of rotatable bonds is 3. The fourth-order valence-electron chi connectivity index (χ4n) is 3.20. The van der Waals surface area contributed by atoms with Gasteiger partial charge >= 0.3 is 0 Å². The van der Waals surface area contributed by atoms with Crippen LogP contribution in [-0.2, 0) is 6.54 Å². The van der Waals surface area contributed by atoms with Gasteiger partial charge in [-0.05, 0) is 67.6 Å². The van der Waals surface area contributed by atoms with Gasteiger partial charge in [-0.25, -0.2) is 4.39 Å². The van der Waals surface area contributed by atoms with Crippen LogP contribution in [0.3, 0.4) is 0 Å². The lowest BCUT2D eigenvalue weighted by molar-refractivity contribution is 0.204. The molecule has 0 spiro atoms. The topological polar surface area (TPSA) is 36.1 Å². The Morgan fingerprint density at radius 1 is 1.23 bits per heavy atom. The molecule has 116 valence electrons. The molecule has 2 heterocycles. The molecular formula is C18H21FN2O. The van der Waals surface area contributed by atoms with E-state index in [0.29, 0.717) is 11.5 Å².